The van der Waals surface area contributed by atoms with E-state index in [0.29, 0.717) is 0 Å². The molecule has 0 rings (SSSR count). The Bertz CT molecular complexity index is 164. The smallest absolute Gasteiger partial charge is 0.317 e. The van der Waals surface area contributed by atoms with E-state index in [1.165, 1.54) is 7.11 Å². The number of methoxy groups -OCH3 is 1. The Morgan fingerprint density at radius 3 is 2.23 bits per heavy atom. The molecule has 13 heavy (non-hydrogen) atoms. The molecule has 6 heteroatoms. The maximum atomic E-state index is 10.3. The van der Waals surface area contributed by atoms with Gasteiger partial charge in [-0.3, -0.25) is 9.59 Å². The molecule has 2 N–H and O–H groups in total. The molecular weight excluding hydrogens is 180 g/mol. The van der Waals surface area contributed by atoms with E-state index >= 15 is 0 Å². The highest BCUT2D eigenvalue weighted by Gasteiger charge is 2.24. The molecule has 0 amide bonds. The van der Waals surface area contributed by atoms with Crippen LogP contribution in [0.15, 0.2) is 0 Å². The molecule has 0 aliphatic rings. The van der Waals surface area contributed by atoms with Crippen LogP contribution in [0.4, 0.5) is 0 Å². The second-order valence-corrected chi connectivity index (χ2v) is 2.33. The Morgan fingerprint density at radius 2 is 1.85 bits per heavy atom. The summed E-state index contributed by atoms with van der Waals surface area (Å²) >= 11 is 0. The van der Waals surface area contributed by atoms with Crippen LogP contribution in [-0.2, 0) is 19.1 Å². The van der Waals surface area contributed by atoms with Gasteiger partial charge in [0.2, 0.25) is 0 Å². The van der Waals surface area contributed by atoms with Crippen molar-refractivity contribution in [2.24, 2.45) is 5.92 Å². The number of hydrogen-bond acceptors (Lipinski definition) is 4. The predicted molar refractivity (Wildman–Crippen MR) is 41.2 cm³/mol. The zero-order valence-electron chi connectivity index (χ0n) is 7.23. The molecular formula is C7H12O6. The molecule has 0 atom stereocenters. The van der Waals surface area contributed by atoms with Crippen LogP contribution in [0.25, 0.3) is 0 Å². The summed E-state index contributed by atoms with van der Waals surface area (Å²) in [4.78, 5) is 20.7. The minimum Gasteiger partial charge on any atom is -0.481 e. The second-order valence-electron chi connectivity index (χ2n) is 2.33. The van der Waals surface area contributed by atoms with Crippen molar-refractivity contribution in [2.75, 3.05) is 20.5 Å². The number of carboxylic acid groups (broad SMARTS) is 2. The molecule has 0 aromatic carbocycles. The van der Waals surface area contributed by atoms with Crippen molar-refractivity contribution in [3.8, 4) is 0 Å². The number of aliphatic carboxylic acids is 2. The van der Waals surface area contributed by atoms with E-state index in [1.807, 2.05) is 0 Å². The molecule has 0 bridgehead atoms. The van der Waals surface area contributed by atoms with Gasteiger partial charge in [0, 0.05) is 7.11 Å². The van der Waals surface area contributed by atoms with Crippen molar-refractivity contribution in [1.82, 2.24) is 0 Å². The fourth-order valence-corrected chi connectivity index (χ4v) is 0.696. The van der Waals surface area contributed by atoms with Crippen LogP contribution < -0.4 is 0 Å². The van der Waals surface area contributed by atoms with E-state index in [0.717, 1.165) is 0 Å². The van der Waals surface area contributed by atoms with Crippen molar-refractivity contribution >= 4 is 11.9 Å². The average Bonchev–Trinajstić information content (AvgIpc) is 2.02. The highest BCUT2D eigenvalue weighted by Crippen LogP contribution is 2.03. The van der Waals surface area contributed by atoms with Gasteiger partial charge in [-0.25, -0.2) is 0 Å². The summed E-state index contributed by atoms with van der Waals surface area (Å²) in [5, 5.41) is 16.9. The fourth-order valence-electron chi connectivity index (χ4n) is 0.696. The molecule has 0 fully saturated rings. The van der Waals surface area contributed by atoms with Crippen LogP contribution in [0.5, 0.6) is 0 Å². The summed E-state index contributed by atoms with van der Waals surface area (Å²) in [6.07, 6.45) is -0.0615. The third kappa shape index (κ3) is 5.15. The van der Waals surface area contributed by atoms with Crippen molar-refractivity contribution in [3.05, 3.63) is 0 Å². The topological polar surface area (TPSA) is 93.1 Å². The monoisotopic (exact) mass is 192 g/mol. The van der Waals surface area contributed by atoms with Gasteiger partial charge in [-0.05, 0) is 6.42 Å². The van der Waals surface area contributed by atoms with Gasteiger partial charge in [-0.1, -0.05) is 0 Å². The van der Waals surface area contributed by atoms with Crippen LogP contribution in [0, 0.1) is 5.92 Å². The van der Waals surface area contributed by atoms with Crippen molar-refractivity contribution in [2.45, 2.75) is 6.42 Å². The summed E-state index contributed by atoms with van der Waals surface area (Å²) in [7, 11) is 1.42. The van der Waals surface area contributed by atoms with Crippen LogP contribution >= 0.6 is 0 Å². The van der Waals surface area contributed by atoms with E-state index in [4.69, 9.17) is 14.9 Å². The molecule has 0 saturated carbocycles. The van der Waals surface area contributed by atoms with E-state index in [-0.39, 0.29) is 19.8 Å². The van der Waals surface area contributed by atoms with Gasteiger partial charge in [-0.2, -0.15) is 0 Å². The van der Waals surface area contributed by atoms with Gasteiger partial charge in [0.25, 0.3) is 0 Å². The highest BCUT2D eigenvalue weighted by atomic mass is 16.7. The minimum absolute atomic E-state index is 0.0337. The lowest BCUT2D eigenvalue weighted by molar-refractivity contribution is -0.156. The zero-order chi connectivity index (χ0) is 10.3. The van der Waals surface area contributed by atoms with Crippen LogP contribution in [0.2, 0.25) is 0 Å². The first-order chi connectivity index (χ1) is 6.09. The standard InChI is InChI=1S/C7H12O6/c1-12-4-13-3-2-5(6(8)9)7(10)11/h5H,2-4H2,1H3,(H,8,9)(H,10,11). The number of hydrogen-bond donors (Lipinski definition) is 2. The van der Waals surface area contributed by atoms with E-state index < -0.39 is 17.9 Å². The molecule has 0 radical (unpaired) electrons. The summed E-state index contributed by atoms with van der Waals surface area (Å²) in [6.45, 7) is 0.0864. The molecule has 0 spiro atoms. The normalized spacial score (nSPS) is 10.3. The molecule has 0 unspecified atom stereocenters. The fraction of sp³-hybridized carbons (Fsp3) is 0.714. The number of ether oxygens (including phenoxy) is 2. The molecule has 0 aromatic heterocycles. The summed E-state index contributed by atoms with van der Waals surface area (Å²) < 4.78 is 9.29. The van der Waals surface area contributed by atoms with E-state index in [1.54, 1.807) is 0 Å². The Kier molecular flexibility index (Phi) is 5.82. The van der Waals surface area contributed by atoms with Crippen molar-refractivity contribution in [1.29, 1.82) is 0 Å². The first-order valence-corrected chi connectivity index (χ1v) is 3.62. The highest BCUT2D eigenvalue weighted by molar-refractivity contribution is 5.92. The Hall–Kier alpha value is -1.14. The zero-order valence-corrected chi connectivity index (χ0v) is 7.23. The van der Waals surface area contributed by atoms with Crippen molar-refractivity contribution in [3.63, 3.8) is 0 Å². The SMILES string of the molecule is COCOCCC(C(=O)O)C(=O)O. The Labute approximate surface area is 75.1 Å². The summed E-state index contributed by atoms with van der Waals surface area (Å²) in [5.41, 5.74) is 0. The van der Waals surface area contributed by atoms with Crippen LogP contribution in [0.3, 0.4) is 0 Å². The van der Waals surface area contributed by atoms with Crippen molar-refractivity contribution < 1.29 is 29.3 Å². The first kappa shape index (κ1) is 11.9. The lowest BCUT2D eigenvalue weighted by atomic mass is 10.1. The molecule has 0 aliphatic heterocycles. The number of rotatable bonds is 7. The predicted octanol–water partition coefficient (Wildman–Crippen LogP) is -0.218. The number of carboxylic acids is 2. The van der Waals surface area contributed by atoms with Crippen LogP contribution in [0.1, 0.15) is 6.42 Å². The molecule has 0 saturated heterocycles. The second kappa shape index (κ2) is 6.38. The third-order valence-electron chi connectivity index (χ3n) is 1.35. The van der Waals surface area contributed by atoms with Gasteiger partial charge < -0.3 is 19.7 Å². The summed E-state index contributed by atoms with van der Waals surface area (Å²) in [5.74, 6) is -4.11. The quantitative estimate of drug-likeness (QED) is 0.329. The maximum absolute atomic E-state index is 10.3. The molecule has 0 aromatic rings. The maximum Gasteiger partial charge on any atom is 0.317 e. The largest absolute Gasteiger partial charge is 0.481 e. The first-order valence-electron chi connectivity index (χ1n) is 3.62. The molecule has 76 valence electrons. The third-order valence-corrected chi connectivity index (χ3v) is 1.35. The number of carbonyl (C=O) groups is 2. The lowest BCUT2D eigenvalue weighted by Crippen LogP contribution is -2.24. The van der Waals surface area contributed by atoms with E-state index in [2.05, 4.69) is 4.74 Å². The van der Waals surface area contributed by atoms with Gasteiger partial charge in [0.05, 0.1) is 6.61 Å². The minimum atomic E-state index is -1.41. The molecule has 0 heterocycles. The van der Waals surface area contributed by atoms with E-state index in [9.17, 15) is 9.59 Å². The lowest BCUT2D eigenvalue weighted by Gasteiger charge is -2.06. The Morgan fingerprint density at radius 1 is 1.31 bits per heavy atom. The van der Waals surface area contributed by atoms with Gasteiger partial charge >= 0.3 is 11.9 Å². The summed E-state index contributed by atoms with van der Waals surface area (Å²) in [6, 6.07) is 0. The van der Waals surface area contributed by atoms with Crippen LogP contribution in [-0.4, -0.2) is 42.7 Å². The Balaban J connectivity index is 3.71. The molecule has 0 aliphatic carbocycles. The van der Waals surface area contributed by atoms with Gasteiger partial charge in [0.15, 0.2) is 5.92 Å². The van der Waals surface area contributed by atoms with Gasteiger partial charge in [0.1, 0.15) is 6.79 Å². The average molecular weight is 192 g/mol. The van der Waals surface area contributed by atoms with Gasteiger partial charge in [-0.15, -0.1) is 0 Å². The molecule has 6 nitrogen and oxygen atoms in total.